The highest BCUT2D eigenvalue weighted by Gasteiger charge is 2.32. The second-order valence-corrected chi connectivity index (χ2v) is 5.09. The molecule has 0 saturated heterocycles. The van der Waals surface area contributed by atoms with Crippen LogP contribution in [-0.4, -0.2) is 22.1 Å². The molecule has 2 aromatic heterocycles. The summed E-state index contributed by atoms with van der Waals surface area (Å²) >= 11 is 1.65. The molecule has 0 bridgehead atoms. The molecule has 2 heterocycles. The fourth-order valence-corrected chi connectivity index (χ4v) is 2.47. The lowest BCUT2D eigenvalue weighted by atomic mass is 10.3. The van der Waals surface area contributed by atoms with E-state index in [2.05, 4.69) is 16.4 Å². The number of anilines is 1. The van der Waals surface area contributed by atoms with Crippen LogP contribution in [0.4, 0.5) is 6.01 Å². The van der Waals surface area contributed by atoms with Crippen LogP contribution in [0.2, 0.25) is 0 Å². The van der Waals surface area contributed by atoms with Crippen molar-refractivity contribution in [1.82, 2.24) is 4.98 Å². The number of hydrogen-bond acceptors (Lipinski definition) is 5. The monoisotopic (exact) mass is 264 g/mol. The predicted octanol–water partition coefficient (Wildman–Crippen LogP) is 2.60. The Hall–Kier alpha value is -1.82. The van der Waals surface area contributed by atoms with Gasteiger partial charge >= 0.3 is 5.97 Å². The molecule has 1 saturated carbocycles. The summed E-state index contributed by atoms with van der Waals surface area (Å²) in [6.07, 6.45) is 3.41. The van der Waals surface area contributed by atoms with Crippen LogP contribution in [0.25, 0.3) is 0 Å². The van der Waals surface area contributed by atoms with Gasteiger partial charge in [-0.05, 0) is 35.2 Å². The Morgan fingerprint density at radius 1 is 1.61 bits per heavy atom. The summed E-state index contributed by atoms with van der Waals surface area (Å²) in [6, 6.07) is 2.88. The second-order valence-electron chi connectivity index (χ2n) is 4.31. The summed E-state index contributed by atoms with van der Waals surface area (Å²) in [6.45, 7) is 0.716. The van der Waals surface area contributed by atoms with Crippen molar-refractivity contribution in [1.29, 1.82) is 0 Å². The number of aromatic nitrogens is 1. The third-order valence-corrected chi connectivity index (χ3v) is 3.61. The van der Waals surface area contributed by atoms with Crippen molar-refractivity contribution in [3.05, 3.63) is 34.3 Å². The highest BCUT2D eigenvalue weighted by atomic mass is 32.1. The Morgan fingerprint density at radius 3 is 3.00 bits per heavy atom. The molecule has 0 radical (unpaired) electrons. The van der Waals surface area contributed by atoms with E-state index in [0.29, 0.717) is 18.6 Å². The number of carbonyl (C=O) groups is 1. The van der Waals surface area contributed by atoms with Crippen LogP contribution in [0.1, 0.15) is 28.9 Å². The first kappa shape index (κ1) is 11.3. The van der Waals surface area contributed by atoms with Gasteiger partial charge in [0.25, 0.3) is 6.01 Å². The van der Waals surface area contributed by atoms with Crippen molar-refractivity contribution in [2.24, 2.45) is 0 Å². The number of hydrogen-bond donors (Lipinski definition) is 1. The van der Waals surface area contributed by atoms with Gasteiger partial charge < -0.3 is 14.4 Å². The molecular weight excluding hydrogens is 252 g/mol. The topological polar surface area (TPSA) is 66.6 Å². The summed E-state index contributed by atoms with van der Waals surface area (Å²) in [4.78, 5) is 16.9. The molecule has 0 spiro atoms. The summed E-state index contributed by atoms with van der Waals surface area (Å²) in [5, 5.41) is 13.0. The number of nitrogens with zero attached hydrogens (tertiary/aromatic N) is 2. The van der Waals surface area contributed by atoms with Crippen molar-refractivity contribution in [3.63, 3.8) is 0 Å². The lowest BCUT2D eigenvalue weighted by Gasteiger charge is -2.19. The van der Waals surface area contributed by atoms with Crippen molar-refractivity contribution >= 4 is 23.3 Å². The smallest absolute Gasteiger partial charge is 0.357 e. The maximum Gasteiger partial charge on any atom is 0.357 e. The first-order chi connectivity index (χ1) is 8.74. The average Bonchev–Trinajstić information content (AvgIpc) is 2.88. The quantitative estimate of drug-likeness (QED) is 0.899. The molecule has 6 heteroatoms. The van der Waals surface area contributed by atoms with Gasteiger partial charge in [-0.3, -0.25) is 0 Å². The molecule has 2 aromatic rings. The largest absolute Gasteiger partial charge is 0.476 e. The van der Waals surface area contributed by atoms with E-state index >= 15 is 0 Å². The molecule has 0 atom stereocenters. The summed E-state index contributed by atoms with van der Waals surface area (Å²) in [7, 11) is 0. The highest BCUT2D eigenvalue weighted by Crippen LogP contribution is 2.32. The van der Waals surface area contributed by atoms with E-state index in [0.717, 1.165) is 12.8 Å². The number of oxazole rings is 1. The third kappa shape index (κ3) is 2.24. The standard InChI is InChI=1S/C12H12N2O3S/c15-11(16)10-6-17-12(13-10)14(9-1-2-9)5-8-3-4-18-7-8/h3-4,6-7,9H,1-2,5H2,(H,15,16). The van der Waals surface area contributed by atoms with Crippen LogP contribution in [0, 0.1) is 0 Å². The fraction of sp³-hybridized carbons (Fsp3) is 0.333. The van der Waals surface area contributed by atoms with Crippen molar-refractivity contribution in [3.8, 4) is 0 Å². The summed E-state index contributed by atoms with van der Waals surface area (Å²) in [5.41, 5.74) is 1.16. The zero-order valence-corrected chi connectivity index (χ0v) is 10.4. The maximum absolute atomic E-state index is 10.8. The number of rotatable bonds is 5. The number of thiophene rings is 1. The molecule has 0 aromatic carbocycles. The summed E-state index contributed by atoms with van der Waals surface area (Å²) in [5.74, 6) is -1.06. The van der Waals surface area contributed by atoms with Crippen molar-refractivity contribution in [2.45, 2.75) is 25.4 Å². The van der Waals surface area contributed by atoms with E-state index in [9.17, 15) is 4.79 Å². The van der Waals surface area contributed by atoms with Gasteiger partial charge in [-0.2, -0.15) is 16.3 Å². The lowest BCUT2D eigenvalue weighted by Crippen LogP contribution is -2.25. The van der Waals surface area contributed by atoms with Crippen LogP contribution in [0.5, 0.6) is 0 Å². The molecule has 3 rings (SSSR count). The van der Waals surface area contributed by atoms with Crippen LogP contribution in [0.15, 0.2) is 27.5 Å². The molecule has 1 fully saturated rings. The van der Waals surface area contributed by atoms with Gasteiger partial charge in [-0.15, -0.1) is 0 Å². The van der Waals surface area contributed by atoms with Crippen molar-refractivity contribution < 1.29 is 14.3 Å². The molecule has 94 valence electrons. The number of carboxylic acid groups (broad SMARTS) is 1. The molecule has 0 unspecified atom stereocenters. The van der Waals surface area contributed by atoms with Gasteiger partial charge in [0.05, 0.1) is 0 Å². The zero-order chi connectivity index (χ0) is 12.5. The minimum absolute atomic E-state index is 0.0408. The van der Waals surface area contributed by atoms with E-state index < -0.39 is 5.97 Å². The zero-order valence-electron chi connectivity index (χ0n) is 9.57. The van der Waals surface area contributed by atoms with Crippen LogP contribution in [0.3, 0.4) is 0 Å². The first-order valence-corrected chi connectivity index (χ1v) is 6.65. The maximum atomic E-state index is 10.8. The molecule has 1 N–H and O–H groups in total. The Kier molecular flexibility index (Phi) is 2.79. The SMILES string of the molecule is O=C(O)c1coc(N(Cc2ccsc2)C2CC2)n1. The van der Waals surface area contributed by atoms with E-state index in [1.165, 1.54) is 11.8 Å². The number of carboxylic acids is 1. The molecule has 1 aliphatic carbocycles. The molecule has 0 amide bonds. The minimum atomic E-state index is -1.06. The molecule has 0 aliphatic heterocycles. The fourth-order valence-electron chi connectivity index (χ4n) is 1.81. The third-order valence-electron chi connectivity index (χ3n) is 2.88. The van der Waals surface area contributed by atoms with E-state index in [-0.39, 0.29) is 5.69 Å². The van der Waals surface area contributed by atoms with Gasteiger partial charge in [0.2, 0.25) is 0 Å². The van der Waals surface area contributed by atoms with Gasteiger partial charge in [0.1, 0.15) is 6.26 Å². The van der Waals surface area contributed by atoms with E-state index in [1.54, 1.807) is 11.3 Å². The van der Waals surface area contributed by atoms with E-state index in [1.807, 2.05) is 10.3 Å². The molecule has 18 heavy (non-hydrogen) atoms. The van der Waals surface area contributed by atoms with E-state index in [4.69, 9.17) is 9.52 Å². The minimum Gasteiger partial charge on any atom is -0.476 e. The highest BCUT2D eigenvalue weighted by molar-refractivity contribution is 7.07. The van der Waals surface area contributed by atoms with Gasteiger partial charge in [0, 0.05) is 12.6 Å². The van der Waals surface area contributed by atoms with Crippen LogP contribution >= 0.6 is 11.3 Å². The Bertz CT molecular complexity index is 545. The normalized spacial score (nSPS) is 14.7. The average molecular weight is 264 g/mol. The molecular formula is C12H12N2O3S. The van der Waals surface area contributed by atoms with Gasteiger partial charge in [-0.25, -0.2) is 4.79 Å². The number of aromatic carboxylic acids is 1. The Morgan fingerprint density at radius 2 is 2.44 bits per heavy atom. The second kappa shape index (κ2) is 4.45. The first-order valence-electron chi connectivity index (χ1n) is 5.70. The molecule has 5 nitrogen and oxygen atoms in total. The lowest BCUT2D eigenvalue weighted by molar-refractivity contribution is 0.0690. The van der Waals surface area contributed by atoms with Gasteiger partial charge in [0.15, 0.2) is 5.69 Å². The van der Waals surface area contributed by atoms with Crippen LogP contribution < -0.4 is 4.90 Å². The predicted molar refractivity (Wildman–Crippen MR) is 67.0 cm³/mol. The van der Waals surface area contributed by atoms with Crippen molar-refractivity contribution in [2.75, 3.05) is 4.90 Å². The molecule has 1 aliphatic rings. The Balaban J connectivity index is 1.82. The summed E-state index contributed by atoms with van der Waals surface area (Å²) < 4.78 is 5.28. The van der Waals surface area contributed by atoms with Crippen LogP contribution in [-0.2, 0) is 6.54 Å². The Labute approximate surface area is 108 Å². The van der Waals surface area contributed by atoms with Gasteiger partial charge in [-0.1, -0.05) is 0 Å².